The molecule has 2 nitrogen and oxygen atoms in total. The smallest absolute Gasteiger partial charge is 0.252 e. The number of anilines is 6. The van der Waals surface area contributed by atoms with Crippen molar-refractivity contribution in [3.05, 3.63) is 151 Å². The minimum absolute atomic E-state index is 0.0752. The number of para-hydroxylation sites is 3. The van der Waals surface area contributed by atoms with Gasteiger partial charge in [0, 0.05) is 33.9 Å². The van der Waals surface area contributed by atoms with Crippen molar-refractivity contribution in [3.8, 4) is 11.1 Å². The summed E-state index contributed by atoms with van der Waals surface area (Å²) in [4.78, 5) is 5.09. The van der Waals surface area contributed by atoms with E-state index in [4.69, 9.17) is 0 Å². The van der Waals surface area contributed by atoms with E-state index in [2.05, 4.69) is 149 Å². The highest BCUT2D eigenvalue weighted by Crippen LogP contribution is 2.60. The first-order valence-electron chi connectivity index (χ1n) is 16.0. The second-order valence-corrected chi connectivity index (χ2v) is 12.8. The Morgan fingerprint density at radius 1 is 0.455 bits per heavy atom. The molecule has 2 heterocycles. The molecule has 0 saturated heterocycles. The number of fused-ring (bicyclic) bond motifs is 9. The van der Waals surface area contributed by atoms with Gasteiger partial charge >= 0.3 is 0 Å². The minimum Gasteiger partial charge on any atom is -0.311 e. The standard InChI is InChI=1S/C41H31BN2/c1-2-14-28(15-3-1)43-34-21-8-6-19-32(34)42-33-20-7-9-22-35(33)44(38-25-13-24-37(43)40(38)42)36-23-12-17-30-29-16-4-5-18-31(29)41(39(30)36)26-10-11-27-41/h1-9,12-25H,10-11,26-27H2. The molecule has 0 atom stereocenters. The first-order valence-corrected chi connectivity index (χ1v) is 16.0. The molecule has 0 N–H and O–H groups in total. The lowest BCUT2D eigenvalue weighted by molar-refractivity contribution is 0.550. The number of hydrogen-bond donors (Lipinski definition) is 0. The molecule has 6 aromatic rings. The van der Waals surface area contributed by atoms with Crippen LogP contribution in [-0.2, 0) is 5.41 Å². The molecule has 208 valence electrons. The van der Waals surface area contributed by atoms with E-state index in [-0.39, 0.29) is 12.1 Å². The van der Waals surface area contributed by atoms with E-state index >= 15 is 0 Å². The van der Waals surface area contributed by atoms with Gasteiger partial charge < -0.3 is 9.80 Å². The Hall–Kier alpha value is -5.02. The first-order chi connectivity index (χ1) is 21.9. The van der Waals surface area contributed by atoms with Crippen molar-refractivity contribution >= 4 is 57.2 Å². The van der Waals surface area contributed by atoms with Gasteiger partial charge in [0.25, 0.3) is 6.71 Å². The molecular formula is C41H31BN2. The quantitative estimate of drug-likeness (QED) is 0.195. The zero-order valence-electron chi connectivity index (χ0n) is 24.6. The number of hydrogen-bond acceptors (Lipinski definition) is 2. The summed E-state index contributed by atoms with van der Waals surface area (Å²) in [5.74, 6) is 0. The van der Waals surface area contributed by atoms with Crippen LogP contribution in [0.5, 0.6) is 0 Å². The zero-order chi connectivity index (χ0) is 28.8. The fourth-order valence-corrected chi connectivity index (χ4v) is 9.17. The van der Waals surface area contributed by atoms with Gasteiger partial charge in [-0.1, -0.05) is 110 Å². The molecule has 0 bridgehead atoms. The van der Waals surface area contributed by atoms with Crippen LogP contribution in [0.1, 0.15) is 36.8 Å². The predicted molar refractivity (Wildman–Crippen MR) is 185 cm³/mol. The summed E-state index contributed by atoms with van der Waals surface area (Å²) in [6.45, 7) is 0.166. The van der Waals surface area contributed by atoms with Gasteiger partial charge in [-0.3, -0.25) is 0 Å². The average Bonchev–Trinajstić information content (AvgIpc) is 3.69. The highest BCUT2D eigenvalue weighted by Gasteiger charge is 2.49. The summed E-state index contributed by atoms with van der Waals surface area (Å²) in [7, 11) is 0. The van der Waals surface area contributed by atoms with Gasteiger partial charge in [0.2, 0.25) is 0 Å². The van der Waals surface area contributed by atoms with Crippen molar-refractivity contribution in [1.82, 2.24) is 0 Å². The number of nitrogens with zero attached hydrogens (tertiary/aromatic N) is 2. The molecule has 3 heteroatoms. The Balaban J connectivity index is 1.29. The number of benzene rings is 6. The maximum Gasteiger partial charge on any atom is 0.252 e. The third kappa shape index (κ3) is 3.07. The highest BCUT2D eigenvalue weighted by atomic mass is 15.2. The van der Waals surface area contributed by atoms with Crippen LogP contribution < -0.4 is 26.2 Å². The summed E-state index contributed by atoms with van der Waals surface area (Å²) in [5, 5.41) is 0. The van der Waals surface area contributed by atoms with E-state index < -0.39 is 0 Å². The van der Waals surface area contributed by atoms with E-state index in [1.807, 2.05) is 0 Å². The molecule has 1 spiro atoms. The van der Waals surface area contributed by atoms with Crippen molar-refractivity contribution in [1.29, 1.82) is 0 Å². The van der Waals surface area contributed by atoms with Crippen LogP contribution in [0, 0.1) is 0 Å². The van der Waals surface area contributed by atoms with E-state index in [1.54, 1.807) is 0 Å². The zero-order valence-corrected chi connectivity index (χ0v) is 24.6. The molecule has 2 aliphatic heterocycles. The van der Waals surface area contributed by atoms with Crippen LogP contribution in [0.2, 0.25) is 0 Å². The Morgan fingerprint density at radius 2 is 1.00 bits per heavy atom. The summed E-state index contributed by atoms with van der Waals surface area (Å²) >= 11 is 0. The van der Waals surface area contributed by atoms with Crippen molar-refractivity contribution in [2.24, 2.45) is 0 Å². The van der Waals surface area contributed by atoms with Crippen LogP contribution in [0.4, 0.5) is 34.1 Å². The number of rotatable bonds is 2. The molecule has 6 aromatic carbocycles. The lowest BCUT2D eigenvalue weighted by atomic mass is 9.33. The molecule has 0 amide bonds. The first kappa shape index (κ1) is 24.4. The minimum atomic E-state index is 0.0752. The SMILES string of the molecule is c1ccc(N2c3ccccc3B3c4ccccc4N(c4cccc5c4C4(CCCC4)c4ccccc4-5)c4cccc2c43)cc1. The second kappa shape index (κ2) is 9.00. The van der Waals surface area contributed by atoms with Gasteiger partial charge in [-0.15, -0.1) is 0 Å². The maximum absolute atomic E-state index is 2.62. The van der Waals surface area contributed by atoms with Gasteiger partial charge in [0.1, 0.15) is 0 Å². The summed E-state index contributed by atoms with van der Waals surface area (Å²) in [6, 6.07) is 52.2. The third-order valence-electron chi connectivity index (χ3n) is 10.8. The largest absolute Gasteiger partial charge is 0.311 e. The molecule has 0 aromatic heterocycles. The van der Waals surface area contributed by atoms with Crippen LogP contribution in [0.15, 0.2) is 140 Å². The fraction of sp³-hybridized carbons (Fsp3) is 0.122. The lowest BCUT2D eigenvalue weighted by Gasteiger charge is -2.45. The van der Waals surface area contributed by atoms with Crippen molar-refractivity contribution < 1.29 is 0 Å². The molecule has 44 heavy (non-hydrogen) atoms. The topological polar surface area (TPSA) is 6.48 Å². The Kier molecular flexibility index (Phi) is 5.00. The molecule has 2 aliphatic carbocycles. The van der Waals surface area contributed by atoms with Gasteiger partial charge in [0.05, 0.1) is 5.69 Å². The maximum atomic E-state index is 2.62. The van der Waals surface area contributed by atoms with Gasteiger partial charge in [0.15, 0.2) is 0 Å². The lowest BCUT2D eigenvalue weighted by Crippen LogP contribution is -2.61. The fourth-order valence-electron chi connectivity index (χ4n) is 9.17. The Labute approximate surface area is 259 Å². The van der Waals surface area contributed by atoms with Crippen LogP contribution in [-0.4, -0.2) is 6.71 Å². The molecule has 10 rings (SSSR count). The van der Waals surface area contributed by atoms with Crippen molar-refractivity contribution in [2.45, 2.75) is 31.1 Å². The molecule has 4 aliphatic rings. The van der Waals surface area contributed by atoms with E-state index in [0.29, 0.717) is 0 Å². The van der Waals surface area contributed by atoms with Crippen LogP contribution in [0.3, 0.4) is 0 Å². The van der Waals surface area contributed by atoms with Crippen molar-refractivity contribution in [2.75, 3.05) is 9.80 Å². The normalized spacial score (nSPS) is 16.3. The molecule has 1 saturated carbocycles. The Bertz CT molecular complexity index is 2110. The Morgan fingerprint density at radius 3 is 1.77 bits per heavy atom. The van der Waals surface area contributed by atoms with E-state index in [0.717, 1.165) is 0 Å². The van der Waals surface area contributed by atoms with Gasteiger partial charge in [-0.2, -0.15) is 0 Å². The van der Waals surface area contributed by atoms with Crippen molar-refractivity contribution in [3.63, 3.8) is 0 Å². The van der Waals surface area contributed by atoms with E-state index in [9.17, 15) is 0 Å². The van der Waals surface area contributed by atoms with Gasteiger partial charge in [-0.25, -0.2) is 0 Å². The average molecular weight is 563 g/mol. The summed E-state index contributed by atoms with van der Waals surface area (Å²) < 4.78 is 0. The summed E-state index contributed by atoms with van der Waals surface area (Å²) in [5.41, 5.74) is 17.7. The van der Waals surface area contributed by atoms with Gasteiger partial charge in [-0.05, 0) is 93.9 Å². The molecule has 1 fully saturated rings. The predicted octanol–water partition coefficient (Wildman–Crippen LogP) is 8.61. The second-order valence-electron chi connectivity index (χ2n) is 12.8. The van der Waals surface area contributed by atoms with E-state index in [1.165, 1.54) is 98.4 Å². The third-order valence-corrected chi connectivity index (χ3v) is 10.8. The molecule has 0 unspecified atom stereocenters. The molecular weight excluding hydrogens is 531 g/mol. The summed E-state index contributed by atoms with van der Waals surface area (Å²) in [6.07, 6.45) is 5.00. The highest BCUT2D eigenvalue weighted by molar-refractivity contribution is 7.00. The van der Waals surface area contributed by atoms with Crippen LogP contribution >= 0.6 is 0 Å². The van der Waals surface area contributed by atoms with Crippen LogP contribution in [0.25, 0.3) is 11.1 Å². The monoisotopic (exact) mass is 562 g/mol. The molecule has 0 radical (unpaired) electrons.